The van der Waals surface area contributed by atoms with Crippen LogP contribution in [0.1, 0.15) is 0 Å². The molecular formula is C9H14S3. The predicted octanol–water partition coefficient (Wildman–Crippen LogP) is 3.59. The molecule has 0 bridgehead atoms. The SMILES string of the molecule is C=CCSC(C=C)SC(S)C=C. The van der Waals surface area contributed by atoms with E-state index < -0.39 is 0 Å². The first-order chi connectivity index (χ1) is 5.74. The first-order valence-electron chi connectivity index (χ1n) is 3.55. The van der Waals surface area contributed by atoms with Gasteiger partial charge in [0.15, 0.2) is 0 Å². The van der Waals surface area contributed by atoms with E-state index in [0.29, 0.717) is 4.58 Å². The third kappa shape index (κ3) is 5.86. The lowest BCUT2D eigenvalue weighted by Crippen LogP contribution is -1.97. The predicted molar refractivity (Wildman–Crippen MR) is 67.2 cm³/mol. The van der Waals surface area contributed by atoms with Crippen molar-refractivity contribution in [3.8, 4) is 0 Å². The third-order valence-electron chi connectivity index (χ3n) is 1.05. The van der Waals surface area contributed by atoms with E-state index in [1.807, 2.05) is 18.2 Å². The molecule has 0 radical (unpaired) electrons. The maximum absolute atomic E-state index is 4.30. The van der Waals surface area contributed by atoms with Crippen LogP contribution in [-0.2, 0) is 0 Å². The molecule has 0 rings (SSSR count). The van der Waals surface area contributed by atoms with Crippen LogP contribution >= 0.6 is 36.2 Å². The van der Waals surface area contributed by atoms with Gasteiger partial charge in [0.05, 0.1) is 9.16 Å². The molecule has 0 aliphatic carbocycles. The molecule has 2 atom stereocenters. The Bertz CT molecular complexity index is 154. The highest BCUT2D eigenvalue weighted by atomic mass is 32.2. The molecule has 0 saturated heterocycles. The molecule has 0 aliphatic heterocycles. The number of rotatable bonds is 7. The van der Waals surface area contributed by atoms with E-state index in [9.17, 15) is 0 Å². The Morgan fingerprint density at radius 3 is 2.33 bits per heavy atom. The fraction of sp³-hybridized carbons (Fsp3) is 0.333. The minimum atomic E-state index is 0.185. The Morgan fingerprint density at radius 1 is 1.25 bits per heavy atom. The lowest BCUT2D eigenvalue weighted by atomic mass is 10.7. The smallest absolute Gasteiger partial charge is 0.0696 e. The molecule has 0 aromatic heterocycles. The second-order valence-corrected chi connectivity index (χ2v) is 5.65. The van der Waals surface area contributed by atoms with Crippen LogP contribution in [0, 0.1) is 0 Å². The average molecular weight is 218 g/mol. The Labute approximate surface area is 89.0 Å². The molecule has 2 unspecified atom stereocenters. The molecule has 0 saturated carbocycles. The minimum absolute atomic E-state index is 0.185. The summed E-state index contributed by atoms with van der Waals surface area (Å²) in [5, 5.41) is 0. The molecule has 0 amide bonds. The topological polar surface area (TPSA) is 0 Å². The summed E-state index contributed by atoms with van der Waals surface area (Å²) in [6.45, 7) is 11.1. The molecule has 0 aromatic carbocycles. The quantitative estimate of drug-likeness (QED) is 0.394. The summed E-state index contributed by atoms with van der Waals surface area (Å²) in [6, 6.07) is 0. The van der Waals surface area contributed by atoms with E-state index in [1.54, 1.807) is 23.5 Å². The van der Waals surface area contributed by atoms with Crippen molar-refractivity contribution in [1.29, 1.82) is 0 Å². The van der Waals surface area contributed by atoms with Crippen LogP contribution in [0.15, 0.2) is 38.0 Å². The summed E-state index contributed by atoms with van der Waals surface area (Å²) in [4.78, 5) is 0. The van der Waals surface area contributed by atoms with Gasteiger partial charge in [-0.25, -0.2) is 0 Å². The van der Waals surface area contributed by atoms with Crippen molar-refractivity contribution >= 4 is 36.2 Å². The fourth-order valence-corrected chi connectivity index (χ4v) is 3.03. The second-order valence-electron chi connectivity index (χ2n) is 1.99. The van der Waals surface area contributed by atoms with E-state index in [0.717, 1.165) is 5.75 Å². The molecule has 0 N–H and O–H groups in total. The Morgan fingerprint density at radius 2 is 1.92 bits per heavy atom. The molecule has 3 heteroatoms. The van der Waals surface area contributed by atoms with Crippen molar-refractivity contribution in [3.63, 3.8) is 0 Å². The highest BCUT2D eigenvalue weighted by molar-refractivity contribution is 8.21. The maximum atomic E-state index is 4.30. The summed E-state index contributed by atoms with van der Waals surface area (Å²) in [5.74, 6) is 0.946. The van der Waals surface area contributed by atoms with Crippen LogP contribution < -0.4 is 0 Å². The van der Waals surface area contributed by atoms with Gasteiger partial charge in [0.25, 0.3) is 0 Å². The van der Waals surface area contributed by atoms with Gasteiger partial charge in [0.1, 0.15) is 0 Å². The van der Waals surface area contributed by atoms with E-state index in [4.69, 9.17) is 0 Å². The molecule has 0 aliphatic rings. The summed E-state index contributed by atoms with van der Waals surface area (Å²) in [6.07, 6.45) is 5.63. The maximum Gasteiger partial charge on any atom is 0.0696 e. The van der Waals surface area contributed by atoms with Crippen LogP contribution in [0.5, 0.6) is 0 Å². The van der Waals surface area contributed by atoms with E-state index in [-0.39, 0.29) is 4.58 Å². The van der Waals surface area contributed by atoms with Crippen molar-refractivity contribution in [2.75, 3.05) is 5.75 Å². The second kappa shape index (κ2) is 7.90. The summed E-state index contributed by atoms with van der Waals surface area (Å²) in [7, 11) is 0. The Hall–Kier alpha value is 0.270. The van der Waals surface area contributed by atoms with Crippen LogP contribution in [0.3, 0.4) is 0 Å². The lowest BCUT2D eigenvalue weighted by molar-refractivity contribution is 1.59. The standard InChI is InChI=1S/C9H14S3/c1-4-7-11-9(6-3)12-8(10)5-2/h4-6,8-10H,1-3,7H2. The zero-order chi connectivity index (χ0) is 9.40. The van der Waals surface area contributed by atoms with Crippen LogP contribution in [0.4, 0.5) is 0 Å². The number of thioether (sulfide) groups is 2. The van der Waals surface area contributed by atoms with Crippen molar-refractivity contribution in [1.82, 2.24) is 0 Å². The Balaban J connectivity index is 3.73. The number of hydrogen-bond acceptors (Lipinski definition) is 3. The molecule has 0 nitrogen and oxygen atoms in total. The van der Waals surface area contributed by atoms with E-state index in [1.165, 1.54) is 0 Å². The Kier molecular flexibility index (Phi) is 8.07. The highest BCUT2D eigenvalue weighted by Gasteiger charge is 2.07. The number of thiol groups is 1. The molecule has 0 heterocycles. The minimum Gasteiger partial charge on any atom is -0.161 e. The zero-order valence-electron chi connectivity index (χ0n) is 6.98. The lowest BCUT2D eigenvalue weighted by Gasteiger charge is -2.12. The molecule has 0 fully saturated rings. The van der Waals surface area contributed by atoms with Gasteiger partial charge in [-0.2, -0.15) is 12.6 Å². The van der Waals surface area contributed by atoms with Gasteiger partial charge in [-0.3, -0.25) is 0 Å². The van der Waals surface area contributed by atoms with Gasteiger partial charge in [-0.15, -0.1) is 43.3 Å². The molecular weight excluding hydrogens is 204 g/mol. The number of hydrogen-bond donors (Lipinski definition) is 1. The van der Waals surface area contributed by atoms with Crippen molar-refractivity contribution in [2.24, 2.45) is 0 Å². The molecule has 0 aromatic rings. The summed E-state index contributed by atoms with van der Waals surface area (Å²) in [5.41, 5.74) is 0. The van der Waals surface area contributed by atoms with Crippen LogP contribution in [0.2, 0.25) is 0 Å². The van der Waals surface area contributed by atoms with Gasteiger partial charge in [-0.05, 0) is 0 Å². The highest BCUT2D eigenvalue weighted by Crippen LogP contribution is 2.30. The van der Waals surface area contributed by atoms with Gasteiger partial charge in [0.2, 0.25) is 0 Å². The van der Waals surface area contributed by atoms with Crippen molar-refractivity contribution in [3.05, 3.63) is 38.0 Å². The average Bonchev–Trinajstić information content (AvgIpc) is 2.11. The van der Waals surface area contributed by atoms with Gasteiger partial charge >= 0.3 is 0 Å². The zero-order valence-corrected chi connectivity index (χ0v) is 9.51. The summed E-state index contributed by atoms with van der Waals surface area (Å²) < 4.78 is 0.564. The van der Waals surface area contributed by atoms with Gasteiger partial charge in [0, 0.05) is 5.75 Å². The monoisotopic (exact) mass is 218 g/mol. The molecule has 0 spiro atoms. The van der Waals surface area contributed by atoms with E-state index >= 15 is 0 Å². The first kappa shape index (κ1) is 12.3. The normalized spacial score (nSPS) is 14.8. The van der Waals surface area contributed by atoms with Crippen molar-refractivity contribution < 1.29 is 0 Å². The van der Waals surface area contributed by atoms with Crippen molar-refractivity contribution in [2.45, 2.75) is 9.16 Å². The third-order valence-corrected chi connectivity index (χ3v) is 4.24. The van der Waals surface area contributed by atoms with Crippen LogP contribution in [-0.4, -0.2) is 14.9 Å². The van der Waals surface area contributed by atoms with Crippen LogP contribution in [0.25, 0.3) is 0 Å². The largest absolute Gasteiger partial charge is 0.161 e. The van der Waals surface area contributed by atoms with Gasteiger partial charge < -0.3 is 0 Å². The van der Waals surface area contributed by atoms with Gasteiger partial charge in [-0.1, -0.05) is 18.2 Å². The first-order valence-corrected chi connectivity index (χ1v) is 6.06. The fourth-order valence-electron chi connectivity index (χ4n) is 0.519. The molecule has 68 valence electrons. The summed E-state index contributed by atoms with van der Waals surface area (Å²) >= 11 is 7.83. The molecule has 12 heavy (non-hydrogen) atoms. The van der Waals surface area contributed by atoms with E-state index in [2.05, 4.69) is 32.4 Å².